The monoisotopic (exact) mass is 533 g/mol. The van der Waals surface area contributed by atoms with Crippen molar-refractivity contribution >= 4 is 52.0 Å². The fourth-order valence-corrected chi connectivity index (χ4v) is 6.33. The number of allylic oxidation sites excluding steroid dienone is 1. The molecule has 0 radical (unpaired) electrons. The van der Waals surface area contributed by atoms with Crippen LogP contribution in [0.4, 0.5) is 5.69 Å². The molecule has 36 heavy (non-hydrogen) atoms. The van der Waals surface area contributed by atoms with Gasteiger partial charge in [0.2, 0.25) is 0 Å². The second kappa shape index (κ2) is 8.85. The van der Waals surface area contributed by atoms with Gasteiger partial charge < -0.3 is 0 Å². The number of nitro benzene ring substituents is 1. The van der Waals surface area contributed by atoms with Gasteiger partial charge >= 0.3 is 0 Å². The van der Waals surface area contributed by atoms with Crippen molar-refractivity contribution in [2.75, 3.05) is 0 Å². The number of thiazole rings is 1. The predicted octanol–water partition coefficient (Wildman–Crippen LogP) is 5.53. The van der Waals surface area contributed by atoms with E-state index in [4.69, 9.17) is 28.2 Å². The minimum Gasteiger partial charge on any atom is -0.272 e. The van der Waals surface area contributed by atoms with Crippen LogP contribution in [0, 0.1) is 10.1 Å². The van der Waals surface area contributed by atoms with E-state index in [0.29, 0.717) is 19.9 Å². The molecule has 9 heteroatoms. The number of nitrogens with zero attached hydrogens (tertiary/aromatic N) is 3. The van der Waals surface area contributed by atoms with Crippen molar-refractivity contribution < 1.29 is 4.92 Å². The number of halogens is 2. The lowest BCUT2D eigenvalue weighted by atomic mass is 9.83. The van der Waals surface area contributed by atoms with Crippen LogP contribution >= 0.6 is 34.5 Å². The zero-order chi connectivity index (χ0) is 25.0. The Morgan fingerprint density at radius 2 is 1.81 bits per heavy atom. The predicted molar refractivity (Wildman–Crippen MR) is 142 cm³/mol. The summed E-state index contributed by atoms with van der Waals surface area (Å²) in [6.07, 6.45) is 3.26. The maximum atomic E-state index is 13.8. The zero-order valence-electron chi connectivity index (χ0n) is 18.7. The number of benzene rings is 3. The second-order valence-electron chi connectivity index (χ2n) is 8.60. The Morgan fingerprint density at radius 3 is 2.61 bits per heavy atom. The molecule has 1 atom stereocenters. The van der Waals surface area contributed by atoms with Gasteiger partial charge in [0, 0.05) is 16.7 Å². The Morgan fingerprint density at radius 1 is 1.03 bits per heavy atom. The normalized spacial score (nSPS) is 16.7. The van der Waals surface area contributed by atoms with Crippen molar-refractivity contribution in [3.8, 4) is 0 Å². The van der Waals surface area contributed by atoms with Gasteiger partial charge in [-0.1, -0.05) is 83.1 Å². The summed E-state index contributed by atoms with van der Waals surface area (Å²) in [6.45, 7) is 0. The summed E-state index contributed by atoms with van der Waals surface area (Å²) in [7, 11) is 0. The summed E-state index contributed by atoms with van der Waals surface area (Å²) in [5, 5.41) is 12.0. The van der Waals surface area contributed by atoms with Crippen LogP contribution in [0.5, 0.6) is 0 Å². The maximum Gasteiger partial charge on any atom is 0.288 e. The number of aromatic nitrogens is 1. The molecule has 178 valence electrons. The van der Waals surface area contributed by atoms with E-state index >= 15 is 0 Å². The van der Waals surface area contributed by atoms with Crippen molar-refractivity contribution in [2.24, 2.45) is 4.99 Å². The first-order valence-corrected chi connectivity index (χ1v) is 12.8. The van der Waals surface area contributed by atoms with Gasteiger partial charge in [-0.2, -0.15) is 0 Å². The van der Waals surface area contributed by atoms with Crippen LogP contribution in [0.25, 0.3) is 11.8 Å². The smallest absolute Gasteiger partial charge is 0.272 e. The molecule has 0 spiro atoms. The first kappa shape index (κ1) is 22.9. The Kier molecular flexibility index (Phi) is 5.63. The van der Waals surface area contributed by atoms with Gasteiger partial charge in [0.1, 0.15) is 5.02 Å². The number of rotatable bonds is 3. The minimum atomic E-state index is -0.538. The summed E-state index contributed by atoms with van der Waals surface area (Å²) < 4.78 is 2.13. The van der Waals surface area contributed by atoms with Crippen LogP contribution in [0.2, 0.25) is 10.0 Å². The number of hydrogen-bond acceptors (Lipinski definition) is 5. The molecule has 0 bridgehead atoms. The molecule has 2 heterocycles. The molecule has 1 unspecified atom stereocenters. The van der Waals surface area contributed by atoms with Crippen LogP contribution in [-0.2, 0) is 6.42 Å². The van der Waals surface area contributed by atoms with Crippen LogP contribution in [-0.4, -0.2) is 9.49 Å². The van der Waals surface area contributed by atoms with Gasteiger partial charge in [0.25, 0.3) is 11.2 Å². The average molecular weight is 534 g/mol. The molecule has 6 nitrogen and oxygen atoms in total. The highest BCUT2D eigenvalue weighted by Crippen LogP contribution is 2.42. The largest absolute Gasteiger partial charge is 0.288 e. The van der Waals surface area contributed by atoms with Crippen LogP contribution < -0.4 is 14.9 Å². The zero-order valence-corrected chi connectivity index (χ0v) is 21.0. The van der Waals surface area contributed by atoms with Gasteiger partial charge in [-0.25, -0.2) is 4.99 Å². The van der Waals surface area contributed by atoms with E-state index in [9.17, 15) is 14.9 Å². The molecule has 1 aliphatic heterocycles. The number of fused-ring (bicyclic) bond motifs is 3. The fraction of sp³-hybridized carbons (Fsp3) is 0.111. The molecule has 4 aromatic rings. The van der Waals surface area contributed by atoms with Crippen molar-refractivity contribution in [3.05, 3.63) is 134 Å². The molecule has 0 saturated carbocycles. The molecule has 6 rings (SSSR count). The first-order valence-electron chi connectivity index (χ1n) is 11.2. The van der Waals surface area contributed by atoms with Gasteiger partial charge in [-0.05, 0) is 53.3 Å². The maximum absolute atomic E-state index is 13.8. The molecule has 2 aliphatic rings. The van der Waals surface area contributed by atoms with E-state index in [1.54, 1.807) is 16.7 Å². The summed E-state index contributed by atoms with van der Waals surface area (Å²) in [5.74, 6) is 0. The quantitative estimate of drug-likeness (QED) is 0.256. The number of aryl methyl sites for hydroxylation is 1. The van der Waals surface area contributed by atoms with Crippen LogP contribution in [0.15, 0.2) is 82.1 Å². The Balaban J connectivity index is 1.62. The van der Waals surface area contributed by atoms with Crippen LogP contribution in [0.1, 0.15) is 34.7 Å². The van der Waals surface area contributed by atoms with E-state index in [1.165, 1.54) is 29.0 Å². The topological polar surface area (TPSA) is 77.5 Å². The van der Waals surface area contributed by atoms with E-state index in [1.807, 2.05) is 36.4 Å². The standard InChI is InChI=1S/C27H17Cl2N3O3S/c28-20-8-4-3-7-18(20)25-19-11-10-16-5-1-2-6-17(16)24(19)30-27-31(25)26(33)23(36-27)14-15-9-12-21(29)22(13-15)32(34)35/h1-9,12-14,25H,10-11H2. The summed E-state index contributed by atoms with van der Waals surface area (Å²) in [4.78, 5) is 30.1. The lowest BCUT2D eigenvalue weighted by Crippen LogP contribution is -2.38. The van der Waals surface area contributed by atoms with Crippen molar-refractivity contribution in [1.29, 1.82) is 0 Å². The van der Waals surface area contributed by atoms with E-state index < -0.39 is 4.92 Å². The molecule has 1 aliphatic carbocycles. The molecular formula is C27H17Cl2N3O3S. The summed E-state index contributed by atoms with van der Waals surface area (Å²) in [6, 6.07) is 19.9. The Hall–Kier alpha value is -3.52. The highest BCUT2D eigenvalue weighted by atomic mass is 35.5. The highest BCUT2D eigenvalue weighted by molar-refractivity contribution is 7.07. The number of nitro groups is 1. The molecule has 0 N–H and O–H groups in total. The highest BCUT2D eigenvalue weighted by Gasteiger charge is 2.33. The van der Waals surface area contributed by atoms with Gasteiger partial charge in [0.15, 0.2) is 4.80 Å². The first-order chi connectivity index (χ1) is 17.4. The molecule has 3 aromatic carbocycles. The molecule has 0 saturated heterocycles. The third-order valence-corrected chi connectivity index (χ3v) is 8.18. The van der Waals surface area contributed by atoms with E-state index in [0.717, 1.165) is 35.2 Å². The Labute approximate surface area is 219 Å². The summed E-state index contributed by atoms with van der Waals surface area (Å²) >= 11 is 13.9. The fourth-order valence-electron chi connectivity index (χ4n) is 4.91. The van der Waals surface area contributed by atoms with Gasteiger partial charge in [-0.3, -0.25) is 19.5 Å². The molecule has 0 amide bonds. The average Bonchev–Trinajstić information content (AvgIpc) is 3.18. The van der Waals surface area contributed by atoms with Crippen molar-refractivity contribution in [3.63, 3.8) is 0 Å². The van der Waals surface area contributed by atoms with Gasteiger partial charge in [-0.15, -0.1) is 0 Å². The van der Waals surface area contributed by atoms with Crippen molar-refractivity contribution in [2.45, 2.75) is 18.9 Å². The van der Waals surface area contributed by atoms with E-state index in [-0.39, 0.29) is 22.3 Å². The SMILES string of the molecule is O=c1c(=Cc2ccc(Cl)c([N+](=O)[O-])c2)sc2n1C(c1ccccc1Cl)C1=C(N=2)c2ccccc2CC1. The summed E-state index contributed by atoms with van der Waals surface area (Å²) in [5.41, 5.74) is 5.17. The molecule has 0 fully saturated rings. The Bertz CT molecular complexity index is 1790. The third kappa shape index (κ3) is 3.71. The lowest BCUT2D eigenvalue weighted by Gasteiger charge is -2.31. The minimum absolute atomic E-state index is 0.0451. The second-order valence-corrected chi connectivity index (χ2v) is 10.4. The van der Waals surface area contributed by atoms with Crippen LogP contribution in [0.3, 0.4) is 0 Å². The molecular weight excluding hydrogens is 517 g/mol. The van der Waals surface area contributed by atoms with E-state index in [2.05, 4.69) is 12.1 Å². The van der Waals surface area contributed by atoms with Gasteiger partial charge in [0.05, 0.1) is 21.2 Å². The van der Waals surface area contributed by atoms with Crippen molar-refractivity contribution in [1.82, 2.24) is 4.57 Å². The lowest BCUT2D eigenvalue weighted by molar-refractivity contribution is -0.384. The third-order valence-electron chi connectivity index (χ3n) is 6.54. The number of hydrogen-bond donors (Lipinski definition) is 0. The molecule has 1 aromatic heterocycles.